The molecule has 0 radical (unpaired) electrons. The predicted molar refractivity (Wildman–Crippen MR) is 100 cm³/mol. The van der Waals surface area contributed by atoms with Crippen LogP contribution in [0.15, 0.2) is 18.3 Å². The number of rotatable bonds is 6. The molecule has 0 bridgehead atoms. The Morgan fingerprint density at radius 1 is 1.24 bits per heavy atom. The highest BCUT2D eigenvalue weighted by Crippen LogP contribution is 2.46. The van der Waals surface area contributed by atoms with Crippen molar-refractivity contribution < 1.29 is 44.7 Å². The van der Waals surface area contributed by atoms with Crippen LogP contribution in [0.3, 0.4) is 0 Å². The molecule has 7 nitrogen and oxygen atoms in total. The van der Waals surface area contributed by atoms with Crippen LogP contribution in [0.5, 0.6) is 0 Å². The molecule has 3 rings (SSSR count). The van der Waals surface area contributed by atoms with Crippen molar-refractivity contribution in [3.05, 3.63) is 41.0 Å². The quantitative estimate of drug-likeness (QED) is 0.577. The van der Waals surface area contributed by atoms with Crippen LogP contribution in [0.25, 0.3) is 0 Å². The fraction of sp³-hybridized carbons (Fsp3) is 0.474. The summed E-state index contributed by atoms with van der Waals surface area (Å²) in [5, 5.41) is 5.45. The summed E-state index contributed by atoms with van der Waals surface area (Å²) in [7, 11) is 0. The van der Waals surface area contributed by atoms with Gasteiger partial charge in [-0.2, -0.15) is 31.4 Å². The van der Waals surface area contributed by atoms with Gasteiger partial charge in [0.15, 0.2) is 0 Å². The zero-order chi connectivity index (χ0) is 25.6. The van der Waals surface area contributed by atoms with Crippen molar-refractivity contribution in [2.24, 2.45) is 11.7 Å². The molecule has 2 aromatic rings. The van der Waals surface area contributed by atoms with Gasteiger partial charge in [-0.05, 0) is 25.0 Å². The highest BCUT2D eigenvalue weighted by atomic mass is 19.4. The van der Waals surface area contributed by atoms with Crippen LogP contribution in [-0.2, 0) is 12.7 Å². The third-order valence-electron chi connectivity index (χ3n) is 5.26. The van der Waals surface area contributed by atoms with E-state index < -0.39 is 78.3 Å². The molecule has 2 aromatic heterocycles. The van der Waals surface area contributed by atoms with Gasteiger partial charge in [-0.1, -0.05) is 0 Å². The van der Waals surface area contributed by atoms with Crippen molar-refractivity contribution in [3.63, 3.8) is 0 Å². The van der Waals surface area contributed by atoms with Crippen molar-refractivity contribution in [1.29, 1.82) is 0 Å². The maximum atomic E-state index is 13.9. The van der Waals surface area contributed by atoms with Crippen LogP contribution in [0.2, 0.25) is 0 Å². The van der Waals surface area contributed by atoms with Gasteiger partial charge in [0.05, 0.1) is 11.6 Å². The lowest BCUT2D eigenvalue weighted by Gasteiger charge is -2.35. The molecular weight excluding hydrogens is 482 g/mol. The van der Waals surface area contributed by atoms with Gasteiger partial charge in [0.1, 0.15) is 17.0 Å². The number of nitrogens with one attached hydrogen (secondary N) is 1. The first kappa shape index (κ1) is 25.4. The molecular formula is C19H17F8N5O2. The standard InChI is InChI=1S/C19H17F8N5O2/c1-8(18(22,23)24)13-12(19(25,26)27)14(32(31-13)7-9-5-17(20,21)6-9)16(34)30-10-2-3-29-11(4-10)15(28)33/h2-4,8-9H,5-7H2,1H3,(H2,28,33)(H,29,30,34). The second-order valence-corrected chi connectivity index (χ2v) is 7.93. The molecule has 2 heterocycles. The van der Waals surface area contributed by atoms with Crippen LogP contribution < -0.4 is 11.1 Å². The number of carbonyl (C=O) groups excluding carboxylic acids is 2. The van der Waals surface area contributed by atoms with E-state index in [0.717, 1.165) is 18.3 Å². The molecule has 0 aliphatic heterocycles. The minimum Gasteiger partial charge on any atom is -0.364 e. The van der Waals surface area contributed by atoms with E-state index >= 15 is 0 Å². The monoisotopic (exact) mass is 499 g/mol. The average Bonchev–Trinajstić information content (AvgIpc) is 3.05. The Labute approximate surface area is 186 Å². The Morgan fingerprint density at radius 2 is 1.85 bits per heavy atom. The molecule has 1 aliphatic rings. The molecule has 1 aliphatic carbocycles. The number of anilines is 1. The molecule has 1 atom stereocenters. The molecule has 1 fully saturated rings. The number of hydrogen-bond donors (Lipinski definition) is 2. The maximum absolute atomic E-state index is 13.9. The molecule has 34 heavy (non-hydrogen) atoms. The molecule has 3 N–H and O–H groups in total. The third-order valence-corrected chi connectivity index (χ3v) is 5.26. The predicted octanol–water partition coefficient (Wildman–Crippen LogP) is 4.36. The van der Waals surface area contributed by atoms with Crippen LogP contribution >= 0.6 is 0 Å². The number of hydrogen-bond acceptors (Lipinski definition) is 4. The third kappa shape index (κ3) is 5.28. The Balaban J connectivity index is 2.09. The smallest absolute Gasteiger partial charge is 0.364 e. The zero-order valence-electron chi connectivity index (χ0n) is 17.3. The number of carbonyl (C=O) groups is 2. The van der Waals surface area contributed by atoms with Crippen LogP contribution in [0.1, 0.15) is 57.9 Å². The summed E-state index contributed by atoms with van der Waals surface area (Å²) < 4.78 is 108. The average molecular weight is 499 g/mol. The summed E-state index contributed by atoms with van der Waals surface area (Å²) >= 11 is 0. The van der Waals surface area contributed by atoms with Crippen LogP contribution in [0, 0.1) is 5.92 Å². The summed E-state index contributed by atoms with van der Waals surface area (Å²) in [5.74, 6) is -9.18. The summed E-state index contributed by atoms with van der Waals surface area (Å²) in [4.78, 5) is 27.7. The molecule has 0 spiro atoms. The van der Waals surface area contributed by atoms with Crippen molar-refractivity contribution >= 4 is 17.5 Å². The minimum absolute atomic E-state index is 0.227. The first-order chi connectivity index (χ1) is 15.5. The fourth-order valence-electron chi connectivity index (χ4n) is 3.57. The Bertz CT molecular complexity index is 1100. The fourth-order valence-corrected chi connectivity index (χ4v) is 3.57. The van der Waals surface area contributed by atoms with Crippen LogP contribution in [-0.4, -0.2) is 38.7 Å². The van der Waals surface area contributed by atoms with E-state index in [-0.39, 0.29) is 11.4 Å². The minimum atomic E-state index is -5.43. The lowest BCUT2D eigenvalue weighted by Crippen LogP contribution is -2.38. The van der Waals surface area contributed by atoms with Gasteiger partial charge in [0.2, 0.25) is 5.92 Å². The molecule has 1 saturated carbocycles. The van der Waals surface area contributed by atoms with Crippen LogP contribution in [0.4, 0.5) is 40.8 Å². The van der Waals surface area contributed by atoms with Gasteiger partial charge in [-0.25, -0.2) is 8.78 Å². The second kappa shape index (κ2) is 8.51. The summed E-state index contributed by atoms with van der Waals surface area (Å²) in [6.07, 6.45) is -11.0. The lowest BCUT2D eigenvalue weighted by molar-refractivity contribution is -0.154. The maximum Gasteiger partial charge on any atom is 0.420 e. The van der Waals surface area contributed by atoms with E-state index in [1.807, 2.05) is 5.32 Å². The van der Waals surface area contributed by atoms with Crippen molar-refractivity contribution in [1.82, 2.24) is 14.8 Å². The van der Waals surface area contributed by atoms with Crippen molar-refractivity contribution in [3.8, 4) is 0 Å². The van der Waals surface area contributed by atoms with Crippen molar-refractivity contribution in [2.45, 2.75) is 50.5 Å². The SMILES string of the molecule is CC(c1nn(CC2CC(F)(F)C2)c(C(=O)Nc2ccnc(C(N)=O)c2)c1C(F)(F)F)C(F)(F)F. The van der Waals surface area contributed by atoms with Crippen molar-refractivity contribution in [2.75, 3.05) is 5.32 Å². The largest absolute Gasteiger partial charge is 0.420 e. The van der Waals surface area contributed by atoms with Gasteiger partial charge >= 0.3 is 12.4 Å². The number of nitrogens with two attached hydrogens (primary N) is 1. The Morgan fingerprint density at radius 3 is 2.35 bits per heavy atom. The molecule has 2 amide bonds. The highest BCUT2D eigenvalue weighted by molar-refractivity contribution is 6.05. The number of alkyl halides is 8. The van der Waals surface area contributed by atoms with E-state index in [0.29, 0.717) is 11.6 Å². The van der Waals surface area contributed by atoms with Gasteiger partial charge in [-0.3, -0.25) is 19.3 Å². The van der Waals surface area contributed by atoms with E-state index in [1.54, 1.807) is 0 Å². The molecule has 0 saturated heterocycles. The first-order valence-corrected chi connectivity index (χ1v) is 9.69. The van der Waals surface area contributed by atoms with E-state index in [9.17, 15) is 44.7 Å². The van der Waals surface area contributed by atoms with Gasteiger partial charge in [0.25, 0.3) is 11.8 Å². The summed E-state index contributed by atoms with van der Waals surface area (Å²) in [6, 6.07) is 2.05. The second-order valence-electron chi connectivity index (χ2n) is 7.93. The van der Waals surface area contributed by atoms with E-state index in [1.165, 1.54) is 0 Å². The number of aromatic nitrogens is 3. The van der Waals surface area contributed by atoms with Gasteiger partial charge < -0.3 is 11.1 Å². The Kier molecular flexibility index (Phi) is 6.35. The molecule has 186 valence electrons. The zero-order valence-corrected chi connectivity index (χ0v) is 17.3. The highest BCUT2D eigenvalue weighted by Gasteiger charge is 2.50. The van der Waals surface area contributed by atoms with E-state index in [2.05, 4.69) is 10.1 Å². The molecule has 0 aromatic carbocycles. The Hall–Kier alpha value is -3.26. The number of amides is 2. The van der Waals surface area contributed by atoms with E-state index in [4.69, 9.17) is 5.73 Å². The molecule has 1 unspecified atom stereocenters. The summed E-state index contributed by atoms with van der Waals surface area (Å²) in [6.45, 7) is -0.183. The first-order valence-electron chi connectivity index (χ1n) is 9.69. The normalized spacial score (nSPS) is 17.2. The number of primary amides is 1. The number of nitrogens with zero attached hydrogens (tertiary/aromatic N) is 3. The number of pyridine rings is 1. The lowest BCUT2D eigenvalue weighted by atomic mass is 9.81. The van der Waals surface area contributed by atoms with Gasteiger partial charge in [-0.15, -0.1) is 0 Å². The molecule has 15 heteroatoms. The number of halogens is 8. The summed E-state index contributed by atoms with van der Waals surface area (Å²) in [5.41, 5.74) is -0.161. The van der Waals surface area contributed by atoms with Gasteiger partial charge in [0, 0.05) is 31.3 Å². The topological polar surface area (TPSA) is 103 Å².